The molecule has 2 N–H and O–H groups in total. The van der Waals surface area contributed by atoms with Crippen LogP contribution in [-0.4, -0.2) is 30.9 Å². The molecule has 0 heterocycles. The number of hydrogen-bond donors (Lipinski definition) is 2. The normalized spacial score (nSPS) is 10.6. The summed E-state index contributed by atoms with van der Waals surface area (Å²) in [6, 6.07) is 10.7. The molecule has 2 aromatic rings. The number of aromatic hydroxyl groups is 1. The molecule has 0 aliphatic carbocycles. The molecule has 0 aliphatic rings. The van der Waals surface area contributed by atoms with Crippen LogP contribution in [0.15, 0.2) is 46.0 Å². The maximum atomic E-state index is 11.7. The van der Waals surface area contributed by atoms with Gasteiger partial charge in [0.25, 0.3) is 5.91 Å². The Balaban J connectivity index is 1.91. The summed E-state index contributed by atoms with van der Waals surface area (Å²) < 4.78 is 10.9. The SMILES string of the molecule is COc1cc(/C=N/NC(=O)COc2ccccc2C)cc(Br)c1O. The number of phenols is 1. The van der Waals surface area contributed by atoms with Crippen LogP contribution in [0.4, 0.5) is 0 Å². The lowest BCUT2D eigenvalue weighted by Gasteiger charge is -2.07. The van der Waals surface area contributed by atoms with Gasteiger partial charge in [-0.3, -0.25) is 4.79 Å². The van der Waals surface area contributed by atoms with Gasteiger partial charge in [-0.15, -0.1) is 0 Å². The molecule has 2 aromatic carbocycles. The van der Waals surface area contributed by atoms with Crippen LogP contribution in [-0.2, 0) is 4.79 Å². The van der Waals surface area contributed by atoms with Gasteiger partial charge in [-0.2, -0.15) is 5.10 Å². The number of aryl methyl sites for hydroxylation is 1. The van der Waals surface area contributed by atoms with Crippen LogP contribution in [0, 0.1) is 6.92 Å². The highest BCUT2D eigenvalue weighted by molar-refractivity contribution is 9.10. The molecule has 2 rings (SSSR count). The molecular weight excluding hydrogens is 376 g/mol. The predicted molar refractivity (Wildman–Crippen MR) is 94.8 cm³/mol. The van der Waals surface area contributed by atoms with Crippen molar-refractivity contribution in [2.45, 2.75) is 6.92 Å². The Labute approximate surface area is 148 Å². The van der Waals surface area contributed by atoms with Crippen LogP contribution in [0.25, 0.3) is 0 Å². The van der Waals surface area contributed by atoms with Crippen molar-refractivity contribution in [2.24, 2.45) is 5.10 Å². The molecule has 0 spiro atoms. The molecule has 0 saturated heterocycles. The quantitative estimate of drug-likeness (QED) is 0.584. The van der Waals surface area contributed by atoms with E-state index < -0.39 is 0 Å². The maximum Gasteiger partial charge on any atom is 0.277 e. The van der Waals surface area contributed by atoms with E-state index in [-0.39, 0.29) is 18.3 Å². The number of rotatable bonds is 6. The Hall–Kier alpha value is -2.54. The number of amides is 1. The van der Waals surface area contributed by atoms with Gasteiger partial charge in [0.1, 0.15) is 5.75 Å². The molecule has 0 radical (unpaired) electrons. The fourth-order valence-corrected chi connectivity index (χ4v) is 2.36. The Kier molecular flexibility index (Phi) is 6.20. The highest BCUT2D eigenvalue weighted by Crippen LogP contribution is 2.34. The number of carbonyl (C=O) groups is 1. The van der Waals surface area contributed by atoms with Crippen molar-refractivity contribution in [3.63, 3.8) is 0 Å². The number of benzene rings is 2. The van der Waals surface area contributed by atoms with E-state index in [4.69, 9.17) is 9.47 Å². The summed E-state index contributed by atoms with van der Waals surface area (Å²) in [7, 11) is 1.45. The van der Waals surface area contributed by atoms with E-state index in [0.29, 0.717) is 21.5 Å². The molecule has 0 aliphatic heterocycles. The molecule has 6 nitrogen and oxygen atoms in total. The first-order valence-electron chi connectivity index (χ1n) is 7.08. The Morgan fingerprint density at radius 2 is 2.08 bits per heavy atom. The summed E-state index contributed by atoms with van der Waals surface area (Å²) in [5.74, 6) is 0.591. The third-order valence-electron chi connectivity index (χ3n) is 3.13. The largest absolute Gasteiger partial charge is 0.503 e. The summed E-state index contributed by atoms with van der Waals surface area (Å²) in [5.41, 5.74) is 3.98. The van der Waals surface area contributed by atoms with E-state index in [0.717, 1.165) is 5.56 Å². The van der Waals surface area contributed by atoms with Gasteiger partial charge < -0.3 is 14.6 Å². The van der Waals surface area contributed by atoms with Gasteiger partial charge in [0.15, 0.2) is 18.1 Å². The van der Waals surface area contributed by atoms with E-state index in [9.17, 15) is 9.90 Å². The number of hydrogen-bond acceptors (Lipinski definition) is 5. The van der Waals surface area contributed by atoms with Crippen molar-refractivity contribution in [3.8, 4) is 17.2 Å². The van der Waals surface area contributed by atoms with Gasteiger partial charge in [0.2, 0.25) is 0 Å². The van der Waals surface area contributed by atoms with Crippen molar-refractivity contribution in [1.29, 1.82) is 0 Å². The summed E-state index contributed by atoms with van der Waals surface area (Å²) in [6.07, 6.45) is 1.44. The molecule has 7 heteroatoms. The number of carbonyl (C=O) groups excluding carboxylic acids is 1. The molecule has 24 heavy (non-hydrogen) atoms. The molecule has 1 amide bonds. The average molecular weight is 393 g/mol. The summed E-state index contributed by atoms with van der Waals surface area (Å²) in [4.78, 5) is 11.7. The molecular formula is C17H17BrN2O4. The third kappa shape index (κ3) is 4.73. The highest BCUT2D eigenvalue weighted by Gasteiger charge is 2.08. The number of nitrogens with one attached hydrogen (secondary N) is 1. The van der Waals surface area contributed by atoms with Crippen molar-refractivity contribution in [1.82, 2.24) is 5.43 Å². The van der Waals surface area contributed by atoms with Gasteiger partial charge in [-0.1, -0.05) is 18.2 Å². The lowest BCUT2D eigenvalue weighted by atomic mass is 10.2. The summed E-state index contributed by atoms with van der Waals surface area (Å²) in [6.45, 7) is 1.77. The molecule has 0 bridgehead atoms. The van der Waals surface area contributed by atoms with Gasteiger partial charge >= 0.3 is 0 Å². The Morgan fingerprint density at radius 3 is 2.79 bits per heavy atom. The van der Waals surface area contributed by atoms with Crippen LogP contribution in [0.5, 0.6) is 17.2 Å². The minimum atomic E-state index is -0.376. The molecule has 126 valence electrons. The standard InChI is InChI=1S/C17H17BrN2O4/c1-11-5-3-4-6-14(11)24-10-16(21)20-19-9-12-7-13(18)17(22)15(8-12)23-2/h3-9,22H,10H2,1-2H3,(H,20,21)/b19-9+. The zero-order valence-electron chi connectivity index (χ0n) is 13.2. The first-order chi connectivity index (χ1) is 11.5. The van der Waals surface area contributed by atoms with Crippen LogP contribution in [0.3, 0.4) is 0 Å². The lowest BCUT2D eigenvalue weighted by Crippen LogP contribution is -2.24. The summed E-state index contributed by atoms with van der Waals surface area (Å²) >= 11 is 3.22. The fourth-order valence-electron chi connectivity index (χ4n) is 1.90. The number of nitrogens with zero attached hydrogens (tertiary/aromatic N) is 1. The van der Waals surface area contributed by atoms with Gasteiger partial charge in [0, 0.05) is 0 Å². The molecule has 0 unspecified atom stereocenters. The first kappa shape index (κ1) is 17.8. The van der Waals surface area contributed by atoms with Crippen molar-refractivity contribution < 1.29 is 19.4 Å². The number of methoxy groups -OCH3 is 1. The van der Waals surface area contributed by atoms with Gasteiger partial charge in [-0.05, 0) is 52.2 Å². The molecule has 0 fully saturated rings. The predicted octanol–water partition coefficient (Wildman–Crippen LogP) is 3.00. The van der Waals surface area contributed by atoms with Crippen LogP contribution < -0.4 is 14.9 Å². The number of para-hydroxylation sites is 1. The second-order valence-electron chi connectivity index (χ2n) is 4.90. The second kappa shape index (κ2) is 8.35. The smallest absolute Gasteiger partial charge is 0.277 e. The number of hydrazone groups is 1. The van der Waals surface area contributed by atoms with E-state index in [1.807, 2.05) is 25.1 Å². The molecule has 0 aromatic heterocycles. The number of phenolic OH excluding ortho intramolecular Hbond substituents is 1. The minimum Gasteiger partial charge on any atom is -0.503 e. The van der Waals surface area contributed by atoms with E-state index in [1.54, 1.807) is 18.2 Å². The van der Waals surface area contributed by atoms with E-state index in [2.05, 4.69) is 26.5 Å². The van der Waals surface area contributed by atoms with E-state index in [1.165, 1.54) is 13.3 Å². The number of ether oxygens (including phenoxy) is 2. The van der Waals surface area contributed by atoms with Crippen LogP contribution in [0.2, 0.25) is 0 Å². The molecule has 0 saturated carbocycles. The van der Waals surface area contributed by atoms with Crippen molar-refractivity contribution >= 4 is 28.1 Å². The zero-order chi connectivity index (χ0) is 17.5. The van der Waals surface area contributed by atoms with Crippen molar-refractivity contribution in [3.05, 3.63) is 52.0 Å². The van der Waals surface area contributed by atoms with Gasteiger partial charge in [-0.25, -0.2) is 5.43 Å². The van der Waals surface area contributed by atoms with E-state index >= 15 is 0 Å². The van der Waals surface area contributed by atoms with Crippen LogP contribution >= 0.6 is 15.9 Å². The fraction of sp³-hybridized carbons (Fsp3) is 0.176. The van der Waals surface area contributed by atoms with Gasteiger partial charge in [0.05, 0.1) is 17.8 Å². The highest BCUT2D eigenvalue weighted by atomic mass is 79.9. The zero-order valence-corrected chi connectivity index (χ0v) is 14.8. The monoisotopic (exact) mass is 392 g/mol. The second-order valence-corrected chi connectivity index (χ2v) is 5.76. The van der Waals surface area contributed by atoms with Crippen molar-refractivity contribution in [2.75, 3.05) is 13.7 Å². The van der Waals surface area contributed by atoms with Crippen LogP contribution in [0.1, 0.15) is 11.1 Å². The Morgan fingerprint density at radius 1 is 1.33 bits per heavy atom. The maximum absolute atomic E-state index is 11.7. The first-order valence-corrected chi connectivity index (χ1v) is 7.87. The summed E-state index contributed by atoms with van der Waals surface area (Å²) in [5, 5.41) is 13.6. The average Bonchev–Trinajstić information content (AvgIpc) is 2.57. The number of halogens is 1. The molecule has 0 atom stereocenters. The topological polar surface area (TPSA) is 80.2 Å². The third-order valence-corrected chi connectivity index (χ3v) is 3.73. The lowest BCUT2D eigenvalue weighted by molar-refractivity contribution is -0.123. The minimum absolute atomic E-state index is 0.00492. The Bertz CT molecular complexity index is 762.